The van der Waals surface area contributed by atoms with Crippen LogP contribution in [0.2, 0.25) is 0 Å². The fraction of sp³-hybridized carbons (Fsp3) is 0.200. The maximum Gasteiger partial charge on any atom is 0.331 e. The molecule has 5 N–H and O–H groups in total. The van der Waals surface area contributed by atoms with Gasteiger partial charge in [-0.05, 0) is 25.0 Å². The van der Waals surface area contributed by atoms with Crippen molar-refractivity contribution in [2.24, 2.45) is 4.99 Å². The van der Waals surface area contributed by atoms with Crippen molar-refractivity contribution in [1.29, 1.82) is 0 Å². The lowest BCUT2D eigenvalue weighted by atomic mass is 10.1. The van der Waals surface area contributed by atoms with Crippen molar-refractivity contribution in [3.63, 3.8) is 0 Å². The Hall–Kier alpha value is -4.55. The van der Waals surface area contributed by atoms with Crippen LogP contribution in [-0.2, 0) is 4.79 Å². The number of hydrogen-bond donors (Lipinski definition) is 5. The molecule has 3 heterocycles. The molecule has 5 rings (SSSR count). The predicted octanol–water partition coefficient (Wildman–Crippen LogP) is -0.166. The predicted molar refractivity (Wildman–Crippen MR) is 112 cm³/mol. The second kappa shape index (κ2) is 7.85. The number of nitrogens with one attached hydrogen (secondary N) is 3. The lowest BCUT2D eigenvalue weighted by molar-refractivity contribution is -0.138. The van der Waals surface area contributed by atoms with Crippen molar-refractivity contribution in [3.05, 3.63) is 68.9 Å². The van der Waals surface area contributed by atoms with E-state index in [1.165, 1.54) is 41.1 Å². The van der Waals surface area contributed by atoms with Gasteiger partial charge in [-0.3, -0.25) is 4.98 Å². The number of rotatable bonds is 6. The highest BCUT2D eigenvalue weighted by molar-refractivity contribution is 5.78. The average Bonchev–Trinajstić information content (AvgIpc) is 3.41. The highest BCUT2D eigenvalue weighted by Gasteiger charge is 2.25. The van der Waals surface area contributed by atoms with Crippen molar-refractivity contribution in [1.82, 2.24) is 29.5 Å². The van der Waals surface area contributed by atoms with Crippen LogP contribution in [0.1, 0.15) is 30.1 Å². The van der Waals surface area contributed by atoms with Crippen LogP contribution in [0.25, 0.3) is 11.7 Å². The summed E-state index contributed by atoms with van der Waals surface area (Å²) in [6.07, 6.45) is 4.66. The summed E-state index contributed by atoms with van der Waals surface area (Å²) >= 11 is 0. The number of aromatic amines is 2. The van der Waals surface area contributed by atoms with Crippen LogP contribution in [0.3, 0.4) is 0 Å². The van der Waals surface area contributed by atoms with Crippen LogP contribution in [-0.4, -0.2) is 51.8 Å². The third kappa shape index (κ3) is 4.03. The number of hydrogen-bond acceptors (Lipinski definition) is 8. The Kier molecular flexibility index (Phi) is 4.84. The number of H-pyrrole nitrogens is 2. The Morgan fingerprint density at radius 2 is 2.09 bits per heavy atom. The molecule has 1 saturated carbocycles. The third-order valence-electron chi connectivity index (χ3n) is 4.99. The zero-order valence-corrected chi connectivity index (χ0v) is 16.9. The monoisotopic (exact) mass is 452 g/mol. The minimum absolute atomic E-state index is 0.0690. The lowest BCUT2D eigenvalue weighted by Gasteiger charge is -2.15. The Balaban J connectivity index is 1.66. The van der Waals surface area contributed by atoms with Crippen molar-refractivity contribution < 1.29 is 19.4 Å². The quantitative estimate of drug-likeness (QED) is 0.268. The van der Waals surface area contributed by atoms with Crippen LogP contribution in [0.4, 0.5) is 10.3 Å². The van der Waals surface area contributed by atoms with Crippen LogP contribution in [0.5, 0.6) is 5.88 Å². The Labute approximate surface area is 183 Å². The number of carboxylic acids is 1. The molecule has 1 unspecified atom stereocenters. The molecule has 0 spiro atoms. The maximum absolute atomic E-state index is 14.3. The molecule has 0 aliphatic heterocycles. The van der Waals surface area contributed by atoms with Gasteiger partial charge in [0.15, 0.2) is 11.7 Å². The number of halogens is 1. The summed E-state index contributed by atoms with van der Waals surface area (Å²) in [5.74, 6) is -2.47. The summed E-state index contributed by atoms with van der Waals surface area (Å²) in [6, 6.07) is 4.13. The Bertz CT molecular complexity index is 1550. The zero-order valence-electron chi connectivity index (χ0n) is 16.9. The molecule has 1 aliphatic carbocycles. The fourth-order valence-electron chi connectivity index (χ4n) is 3.26. The average molecular weight is 452 g/mol. The van der Waals surface area contributed by atoms with E-state index in [1.54, 1.807) is 0 Å². The molecular formula is C20H17FN8O4. The molecule has 168 valence electrons. The number of aliphatic carboxylic acids is 1. The van der Waals surface area contributed by atoms with Crippen LogP contribution in [0, 0.1) is 5.82 Å². The number of fused-ring (bicyclic) bond motifs is 1. The van der Waals surface area contributed by atoms with Gasteiger partial charge in [0.25, 0.3) is 5.62 Å². The molecule has 3 aromatic heterocycles. The zero-order chi connectivity index (χ0) is 23.1. The van der Waals surface area contributed by atoms with Crippen molar-refractivity contribution in [3.8, 4) is 5.88 Å². The molecule has 33 heavy (non-hydrogen) atoms. The van der Waals surface area contributed by atoms with Crippen molar-refractivity contribution >= 4 is 23.6 Å². The normalized spacial score (nSPS) is 15.8. The molecule has 1 atom stereocenters. The third-order valence-corrected chi connectivity index (χ3v) is 4.99. The molecule has 0 bridgehead atoms. The molecule has 12 nitrogen and oxygen atoms in total. The number of imidazole rings is 1. The number of aromatic hydroxyl groups is 1. The van der Waals surface area contributed by atoms with E-state index in [1.807, 2.05) is 0 Å². The molecule has 1 fully saturated rings. The fourth-order valence-corrected chi connectivity index (χ4v) is 3.26. The van der Waals surface area contributed by atoms with Gasteiger partial charge in [0.1, 0.15) is 11.5 Å². The van der Waals surface area contributed by atoms with E-state index >= 15 is 0 Å². The van der Waals surface area contributed by atoms with Gasteiger partial charge in [0.2, 0.25) is 11.8 Å². The first kappa shape index (κ1) is 20.4. The first-order chi connectivity index (χ1) is 15.9. The van der Waals surface area contributed by atoms with Crippen molar-refractivity contribution in [2.45, 2.75) is 24.9 Å². The standard InChI is InChI=1S/C20H17FN8O4/c21-12-4-2-1-3-11(12)14(17(31)32)25-18-26-15-9(7-13-16(30)27-20(33)24-13)8-22-29(15)19(28-18)23-10-5-6-10/h1-4,7-8,10,14,30H,5-6H2,(H,31,32)(H,23,25,28)(H2,24,27,33). The van der Waals surface area contributed by atoms with E-state index in [4.69, 9.17) is 0 Å². The minimum Gasteiger partial charge on any atom is -0.493 e. The largest absolute Gasteiger partial charge is 0.493 e. The molecule has 1 aromatic carbocycles. The Morgan fingerprint density at radius 3 is 2.76 bits per heavy atom. The molecule has 0 radical (unpaired) electrons. The molecule has 0 amide bonds. The molecule has 4 aromatic rings. The first-order valence-corrected chi connectivity index (χ1v) is 9.95. The first-order valence-electron chi connectivity index (χ1n) is 9.95. The highest BCUT2D eigenvalue weighted by Crippen LogP contribution is 2.23. The number of carbonyl (C=O) groups is 1. The second-order valence-corrected chi connectivity index (χ2v) is 7.47. The maximum atomic E-state index is 14.3. The Morgan fingerprint density at radius 1 is 1.30 bits per heavy atom. The number of nitrogens with zero attached hydrogens (tertiary/aromatic N) is 5. The van der Waals surface area contributed by atoms with E-state index in [-0.39, 0.29) is 40.4 Å². The van der Waals surface area contributed by atoms with Gasteiger partial charge in [0, 0.05) is 10.8 Å². The molecule has 13 heteroatoms. The van der Waals surface area contributed by atoms with Crippen LogP contribution < -0.4 is 21.8 Å². The van der Waals surface area contributed by atoms with E-state index in [2.05, 4.69) is 35.3 Å². The number of carboxylic acid groups (broad SMARTS) is 1. The second-order valence-electron chi connectivity index (χ2n) is 7.47. The van der Waals surface area contributed by atoms with Gasteiger partial charge >= 0.3 is 11.7 Å². The minimum atomic E-state index is -1.46. The van der Waals surface area contributed by atoms with E-state index < -0.39 is 23.5 Å². The summed E-state index contributed by atoms with van der Waals surface area (Å²) in [4.78, 5) is 41.1. The summed E-state index contributed by atoms with van der Waals surface area (Å²) < 4.78 is 15.6. The van der Waals surface area contributed by atoms with Gasteiger partial charge in [-0.2, -0.15) is 19.6 Å². The van der Waals surface area contributed by atoms with Gasteiger partial charge in [-0.15, -0.1) is 0 Å². The van der Waals surface area contributed by atoms with E-state index in [9.17, 15) is 24.2 Å². The van der Waals surface area contributed by atoms with Gasteiger partial charge < -0.3 is 20.5 Å². The van der Waals surface area contributed by atoms with E-state index in [0.717, 1.165) is 12.8 Å². The topological polar surface area (TPSA) is 174 Å². The number of benzene rings is 1. The number of aromatic nitrogens is 6. The van der Waals surface area contributed by atoms with Gasteiger partial charge in [-0.1, -0.05) is 18.2 Å². The van der Waals surface area contributed by atoms with Crippen LogP contribution in [0.15, 0.2) is 40.2 Å². The molecule has 1 aliphatic rings. The molecular weight excluding hydrogens is 435 g/mol. The van der Waals surface area contributed by atoms with Crippen molar-refractivity contribution in [2.75, 3.05) is 5.32 Å². The number of anilines is 1. The van der Waals surface area contributed by atoms with Crippen LogP contribution >= 0.6 is 0 Å². The summed E-state index contributed by atoms with van der Waals surface area (Å²) in [5, 5.41) is 26.9. The smallest absolute Gasteiger partial charge is 0.331 e. The van der Waals surface area contributed by atoms with E-state index in [0.29, 0.717) is 5.22 Å². The SMILES string of the molecule is O=C(O)C(Nc1nc(=NC2CC2)n2ncc(=Cc3[nH]c(=O)[nH]c3O)c2n1)c1ccccc1F. The van der Waals surface area contributed by atoms with Gasteiger partial charge in [0.05, 0.1) is 12.2 Å². The summed E-state index contributed by atoms with van der Waals surface area (Å²) in [7, 11) is 0. The summed E-state index contributed by atoms with van der Waals surface area (Å²) in [5.41, 5.74) is -0.131. The highest BCUT2D eigenvalue weighted by atomic mass is 19.1. The lowest BCUT2D eigenvalue weighted by Crippen LogP contribution is -2.28. The molecule has 0 saturated heterocycles. The van der Waals surface area contributed by atoms with Gasteiger partial charge in [-0.25, -0.2) is 19.0 Å². The summed E-state index contributed by atoms with van der Waals surface area (Å²) in [6.45, 7) is 0.